The fourth-order valence-corrected chi connectivity index (χ4v) is 3.00. The first-order valence-corrected chi connectivity index (χ1v) is 6.62. The van der Waals surface area contributed by atoms with E-state index in [0.29, 0.717) is 18.4 Å². The Hall–Kier alpha value is -1.46. The van der Waals surface area contributed by atoms with Gasteiger partial charge in [-0.25, -0.2) is 4.68 Å². The Morgan fingerprint density at radius 3 is 2.83 bits per heavy atom. The van der Waals surface area contributed by atoms with Gasteiger partial charge in [0.25, 0.3) is 0 Å². The minimum atomic E-state index is -0.719. The lowest BCUT2D eigenvalue weighted by Crippen LogP contribution is -2.24. The van der Waals surface area contributed by atoms with Crippen LogP contribution in [-0.2, 0) is 11.3 Å². The first-order valence-electron chi connectivity index (χ1n) is 6.62. The van der Waals surface area contributed by atoms with Gasteiger partial charge in [0.2, 0.25) is 0 Å². The van der Waals surface area contributed by atoms with E-state index in [1.54, 1.807) is 4.68 Å². The molecule has 2 aliphatic rings. The van der Waals surface area contributed by atoms with Gasteiger partial charge in [-0.1, -0.05) is 13.3 Å². The third-order valence-electron chi connectivity index (χ3n) is 4.51. The summed E-state index contributed by atoms with van der Waals surface area (Å²) < 4.78 is 1.73. The molecule has 1 aromatic rings. The zero-order valence-electron chi connectivity index (χ0n) is 10.5. The standard InChI is InChI=1S/C12H18N4O2/c1-8-3-2-4-9(8)10-13-14-15-16(10)7-12(5-6-12)11(17)18/h8-9H,2-7H2,1H3,(H,17,18). The van der Waals surface area contributed by atoms with Crippen molar-refractivity contribution in [1.82, 2.24) is 20.2 Å². The second kappa shape index (κ2) is 4.03. The van der Waals surface area contributed by atoms with Gasteiger partial charge in [0.05, 0.1) is 12.0 Å². The minimum Gasteiger partial charge on any atom is -0.481 e. The van der Waals surface area contributed by atoms with E-state index in [2.05, 4.69) is 22.4 Å². The van der Waals surface area contributed by atoms with E-state index in [4.69, 9.17) is 0 Å². The molecule has 1 heterocycles. The van der Waals surface area contributed by atoms with Crippen molar-refractivity contribution in [3.63, 3.8) is 0 Å². The zero-order valence-corrected chi connectivity index (χ0v) is 10.5. The van der Waals surface area contributed by atoms with E-state index in [1.807, 2.05) is 0 Å². The molecule has 3 rings (SSSR count). The Morgan fingerprint density at radius 1 is 1.50 bits per heavy atom. The summed E-state index contributed by atoms with van der Waals surface area (Å²) in [5, 5.41) is 21.1. The van der Waals surface area contributed by atoms with Crippen molar-refractivity contribution in [2.45, 2.75) is 51.5 Å². The van der Waals surface area contributed by atoms with Crippen molar-refractivity contribution in [3.8, 4) is 0 Å². The van der Waals surface area contributed by atoms with Crippen LogP contribution in [0.2, 0.25) is 0 Å². The summed E-state index contributed by atoms with van der Waals surface area (Å²) in [5.41, 5.74) is -0.605. The molecule has 0 bridgehead atoms. The highest BCUT2D eigenvalue weighted by molar-refractivity contribution is 5.77. The molecule has 18 heavy (non-hydrogen) atoms. The van der Waals surface area contributed by atoms with Crippen molar-refractivity contribution in [3.05, 3.63) is 5.82 Å². The predicted octanol–water partition coefficient (Wildman–Crippen LogP) is 1.44. The highest BCUT2D eigenvalue weighted by Gasteiger charge is 2.51. The van der Waals surface area contributed by atoms with Gasteiger partial charge in [-0.3, -0.25) is 4.79 Å². The van der Waals surface area contributed by atoms with Gasteiger partial charge in [0.1, 0.15) is 0 Å². The van der Waals surface area contributed by atoms with Gasteiger partial charge in [0, 0.05) is 5.92 Å². The molecule has 2 atom stereocenters. The number of aromatic nitrogens is 4. The number of hydrogen-bond donors (Lipinski definition) is 1. The fourth-order valence-electron chi connectivity index (χ4n) is 3.00. The lowest BCUT2D eigenvalue weighted by atomic mass is 9.97. The molecule has 0 saturated heterocycles. The van der Waals surface area contributed by atoms with E-state index in [9.17, 15) is 9.90 Å². The summed E-state index contributed by atoms with van der Waals surface area (Å²) in [5.74, 6) is 1.15. The largest absolute Gasteiger partial charge is 0.481 e. The van der Waals surface area contributed by atoms with Gasteiger partial charge >= 0.3 is 5.97 Å². The summed E-state index contributed by atoms with van der Waals surface area (Å²) in [7, 11) is 0. The van der Waals surface area contributed by atoms with E-state index < -0.39 is 11.4 Å². The van der Waals surface area contributed by atoms with Crippen LogP contribution in [0.5, 0.6) is 0 Å². The first kappa shape index (κ1) is 11.6. The molecule has 0 radical (unpaired) electrons. The van der Waals surface area contributed by atoms with Gasteiger partial charge in [0.15, 0.2) is 5.82 Å². The number of tetrazole rings is 1. The summed E-state index contributed by atoms with van der Waals surface area (Å²) in [4.78, 5) is 11.2. The monoisotopic (exact) mass is 250 g/mol. The Bertz CT molecular complexity index is 466. The minimum absolute atomic E-state index is 0.393. The van der Waals surface area contributed by atoms with Crippen molar-refractivity contribution >= 4 is 5.97 Å². The molecule has 98 valence electrons. The van der Waals surface area contributed by atoms with Crippen molar-refractivity contribution in [1.29, 1.82) is 0 Å². The zero-order chi connectivity index (χ0) is 12.8. The molecule has 1 N–H and O–H groups in total. The number of rotatable bonds is 4. The molecule has 2 unspecified atom stereocenters. The van der Waals surface area contributed by atoms with E-state index in [0.717, 1.165) is 25.1 Å². The Morgan fingerprint density at radius 2 is 2.28 bits per heavy atom. The number of nitrogens with zero attached hydrogens (tertiary/aromatic N) is 4. The average Bonchev–Trinajstić information content (AvgIpc) is 2.77. The molecule has 2 aliphatic carbocycles. The van der Waals surface area contributed by atoms with E-state index in [-0.39, 0.29) is 0 Å². The normalized spacial score (nSPS) is 29.4. The van der Waals surface area contributed by atoms with Crippen LogP contribution in [0.15, 0.2) is 0 Å². The maximum atomic E-state index is 11.2. The van der Waals surface area contributed by atoms with Crippen molar-refractivity contribution in [2.24, 2.45) is 11.3 Å². The molecule has 0 aromatic carbocycles. The van der Waals surface area contributed by atoms with Gasteiger partial charge in [-0.15, -0.1) is 5.10 Å². The molecule has 2 saturated carbocycles. The summed E-state index contributed by atoms with van der Waals surface area (Å²) in [6.07, 6.45) is 5.01. The summed E-state index contributed by atoms with van der Waals surface area (Å²) in [6.45, 7) is 2.65. The molecule has 2 fully saturated rings. The molecule has 0 aliphatic heterocycles. The van der Waals surface area contributed by atoms with Crippen LogP contribution in [0.4, 0.5) is 0 Å². The molecular formula is C12H18N4O2. The van der Waals surface area contributed by atoms with Crippen LogP contribution in [0.3, 0.4) is 0 Å². The Kier molecular flexibility index (Phi) is 2.60. The smallest absolute Gasteiger partial charge is 0.311 e. The first-order chi connectivity index (χ1) is 8.62. The SMILES string of the molecule is CC1CCCC1c1nnnn1CC1(C(=O)O)CC1. The van der Waals surface area contributed by atoms with Crippen molar-refractivity contribution < 1.29 is 9.90 Å². The third kappa shape index (κ3) is 1.79. The number of carbonyl (C=O) groups is 1. The van der Waals surface area contributed by atoms with E-state index >= 15 is 0 Å². The Balaban J connectivity index is 1.82. The maximum Gasteiger partial charge on any atom is 0.311 e. The predicted molar refractivity (Wildman–Crippen MR) is 62.9 cm³/mol. The van der Waals surface area contributed by atoms with Crippen molar-refractivity contribution in [2.75, 3.05) is 0 Å². The molecular weight excluding hydrogens is 232 g/mol. The maximum absolute atomic E-state index is 11.2. The van der Waals surface area contributed by atoms with Crippen LogP contribution < -0.4 is 0 Å². The fraction of sp³-hybridized carbons (Fsp3) is 0.833. The number of carboxylic acids is 1. The molecule has 0 spiro atoms. The van der Waals surface area contributed by atoms with Crippen LogP contribution in [0.25, 0.3) is 0 Å². The average molecular weight is 250 g/mol. The molecule has 0 amide bonds. The van der Waals surface area contributed by atoms with Crippen LogP contribution in [-0.4, -0.2) is 31.3 Å². The van der Waals surface area contributed by atoms with E-state index in [1.165, 1.54) is 12.8 Å². The molecule has 1 aromatic heterocycles. The third-order valence-corrected chi connectivity index (χ3v) is 4.51. The summed E-state index contributed by atoms with van der Waals surface area (Å²) in [6, 6.07) is 0. The second-order valence-electron chi connectivity index (χ2n) is 5.79. The highest BCUT2D eigenvalue weighted by atomic mass is 16.4. The summed E-state index contributed by atoms with van der Waals surface area (Å²) >= 11 is 0. The number of carboxylic acid groups (broad SMARTS) is 1. The van der Waals surface area contributed by atoms with Gasteiger partial charge in [-0.05, 0) is 42.0 Å². The quantitative estimate of drug-likeness (QED) is 0.874. The van der Waals surface area contributed by atoms with Crippen LogP contribution in [0, 0.1) is 11.3 Å². The molecule has 6 nitrogen and oxygen atoms in total. The van der Waals surface area contributed by atoms with Gasteiger partial charge < -0.3 is 5.11 Å². The van der Waals surface area contributed by atoms with Crippen LogP contribution >= 0.6 is 0 Å². The topological polar surface area (TPSA) is 80.9 Å². The second-order valence-corrected chi connectivity index (χ2v) is 5.79. The number of aliphatic carboxylic acids is 1. The highest BCUT2D eigenvalue weighted by Crippen LogP contribution is 2.48. The molecule has 6 heteroatoms. The van der Waals surface area contributed by atoms with Gasteiger partial charge in [-0.2, -0.15) is 0 Å². The number of hydrogen-bond acceptors (Lipinski definition) is 4. The Labute approximate surface area is 105 Å². The van der Waals surface area contributed by atoms with Crippen LogP contribution in [0.1, 0.15) is 50.8 Å². The lowest BCUT2D eigenvalue weighted by Gasteiger charge is -2.16. The lowest BCUT2D eigenvalue weighted by molar-refractivity contribution is -0.144.